The van der Waals surface area contributed by atoms with E-state index in [1.54, 1.807) is 0 Å². The second kappa shape index (κ2) is 12.3. The minimum absolute atomic E-state index is 0.136. The average Bonchev–Trinajstić information content (AvgIpc) is 3.42. The third-order valence-electron chi connectivity index (χ3n) is 7.62. The lowest BCUT2D eigenvalue weighted by Crippen LogP contribution is -2.36. The first kappa shape index (κ1) is 26.7. The van der Waals surface area contributed by atoms with E-state index in [4.69, 9.17) is 4.74 Å². The van der Waals surface area contributed by atoms with Crippen LogP contribution in [0.15, 0.2) is 85.2 Å². The van der Waals surface area contributed by atoms with E-state index in [1.165, 1.54) is 11.1 Å². The van der Waals surface area contributed by atoms with Crippen molar-refractivity contribution in [1.29, 1.82) is 0 Å². The van der Waals surface area contributed by atoms with Gasteiger partial charge in [0.25, 0.3) is 0 Å². The Labute approximate surface area is 232 Å². The number of carbonyl (C=O) groups excluding carboxylic acids is 1. The number of ether oxygens (including phenoxy) is 1. The van der Waals surface area contributed by atoms with E-state index in [2.05, 4.69) is 74.5 Å². The van der Waals surface area contributed by atoms with Gasteiger partial charge in [0.2, 0.25) is 5.91 Å². The van der Waals surface area contributed by atoms with Crippen LogP contribution >= 0.6 is 0 Å². The molecule has 0 saturated heterocycles. The molecule has 1 aromatic heterocycles. The highest BCUT2D eigenvalue weighted by atomic mass is 16.5. The number of hydrogen-bond donors (Lipinski definition) is 0. The van der Waals surface area contributed by atoms with Crippen LogP contribution in [0.4, 0.5) is 5.69 Å². The van der Waals surface area contributed by atoms with Crippen molar-refractivity contribution in [2.24, 2.45) is 0 Å². The predicted octanol–water partition coefficient (Wildman–Crippen LogP) is 7.65. The number of aryl methyl sites for hydroxylation is 1. The van der Waals surface area contributed by atoms with E-state index in [-0.39, 0.29) is 11.8 Å². The predicted molar refractivity (Wildman–Crippen MR) is 157 cm³/mol. The molecule has 0 radical (unpaired) electrons. The lowest BCUT2D eigenvalue weighted by atomic mass is 9.81. The molecule has 0 spiro atoms. The normalized spacial score (nSPS) is 14.7. The van der Waals surface area contributed by atoms with Crippen molar-refractivity contribution in [3.8, 4) is 5.75 Å². The van der Waals surface area contributed by atoms with Crippen molar-refractivity contribution >= 4 is 11.6 Å². The van der Waals surface area contributed by atoms with Crippen LogP contribution in [0, 0.1) is 0 Å². The fraction of sp³-hybridized carbons (Fsp3) is 0.353. The van der Waals surface area contributed by atoms with E-state index in [0.29, 0.717) is 19.1 Å². The van der Waals surface area contributed by atoms with Crippen molar-refractivity contribution in [3.05, 3.63) is 113 Å². The van der Waals surface area contributed by atoms with Crippen LogP contribution in [0.3, 0.4) is 0 Å². The molecule has 0 fully saturated rings. The largest absolute Gasteiger partial charge is 0.489 e. The molecule has 5 nitrogen and oxygen atoms in total. The number of rotatable bonds is 10. The maximum Gasteiger partial charge on any atom is 0.234 e. The summed E-state index contributed by atoms with van der Waals surface area (Å²) in [6.07, 6.45) is 7.71. The molecule has 39 heavy (non-hydrogen) atoms. The zero-order chi connectivity index (χ0) is 27.2. The van der Waals surface area contributed by atoms with E-state index in [9.17, 15) is 4.79 Å². The summed E-state index contributed by atoms with van der Waals surface area (Å²) in [6.45, 7) is 8.42. The Morgan fingerprint density at radius 1 is 1.03 bits per heavy atom. The van der Waals surface area contributed by atoms with Crippen molar-refractivity contribution in [2.75, 3.05) is 4.90 Å². The SMILES string of the molecule is CCCn1cc(CN(C(=O)C2CCCc3c(OCc4ccccc4)cccc32)c2ccc(C(C)C)cc2)cn1. The van der Waals surface area contributed by atoms with Crippen molar-refractivity contribution in [3.63, 3.8) is 0 Å². The monoisotopic (exact) mass is 521 g/mol. The zero-order valence-electron chi connectivity index (χ0n) is 23.3. The Kier molecular flexibility index (Phi) is 8.45. The van der Waals surface area contributed by atoms with Gasteiger partial charge in [0, 0.05) is 24.0 Å². The first-order chi connectivity index (χ1) is 19.0. The summed E-state index contributed by atoms with van der Waals surface area (Å²) in [4.78, 5) is 16.3. The quantitative estimate of drug-likeness (QED) is 0.215. The molecule has 1 heterocycles. The summed E-state index contributed by atoms with van der Waals surface area (Å²) < 4.78 is 8.25. The van der Waals surface area contributed by atoms with Gasteiger partial charge >= 0.3 is 0 Å². The molecule has 0 saturated carbocycles. The summed E-state index contributed by atoms with van der Waals surface area (Å²) in [5, 5.41) is 4.52. The summed E-state index contributed by atoms with van der Waals surface area (Å²) in [7, 11) is 0. The van der Waals surface area contributed by atoms with Crippen LogP contribution in [0.5, 0.6) is 5.75 Å². The number of nitrogens with zero attached hydrogens (tertiary/aromatic N) is 3. The molecule has 0 bridgehead atoms. The van der Waals surface area contributed by atoms with Gasteiger partial charge in [-0.1, -0.05) is 75.4 Å². The summed E-state index contributed by atoms with van der Waals surface area (Å²) in [5.41, 5.74) is 6.64. The molecule has 1 aliphatic carbocycles. The number of fused-ring (bicyclic) bond motifs is 1. The molecule has 3 aromatic carbocycles. The molecule has 5 heteroatoms. The molecule has 0 aliphatic heterocycles. The van der Waals surface area contributed by atoms with Crippen LogP contribution in [-0.4, -0.2) is 15.7 Å². The molecule has 4 aromatic rings. The van der Waals surface area contributed by atoms with E-state index in [1.807, 2.05) is 46.1 Å². The topological polar surface area (TPSA) is 47.4 Å². The first-order valence-electron chi connectivity index (χ1n) is 14.2. The van der Waals surface area contributed by atoms with Gasteiger partial charge < -0.3 is 9.64 Å². The van der Waals surface area contributed by atoms with E-state index >= 15 is 0 Å². The number of carbonyl (C=O) groups is 1. The van der Waals surface area contributed by atoms with Gasteiger partial charge in [0.15, 0.2) is 0 Å². The average molecular weight is 522 g/mol. The summed E-state index contributed by atoms with van der Waals surface area (Å²) >= 11 is 0. The van der Waals surface area contributed by atoms with Crippen molar-refractivity contribution in [1.82, 2.24) is 9.78 Å². The number of benzene rings is 3. The first-order valence-corrected chi connectivity index (χ1v) is 14.2. The molecule has 202 valence electrons. The maximum absolute atomic E-state index is 14.4. The molecule has 1 aliphatic rings. The molecule has 5 rings (SSSR count). The fourth-order valence-electron chi connectivity index (χ4n) is 5.49. The van der Waals surface area contributed by atoms with E-state index < -0.39 is 0 Å². The van der Waals surface area contributed by atoms with Crippen molar-refractivity contribution in [2.45, 2.75) is 78.0 Å². The van der Waals surface area contributed by atoms with Crippen molar-refractivity contribution < 1.29 is 9.53 Å². The molecule has 0 N–H and O–H groups in total. The van der Waals surface area contributed by atoms with Gasteiger partial charge in [0.1, 0.15) is 12.4 Å². The standard InChI is InChI=1S/C34H39N3O2/c1-4-20-36-22-27(21-35-36)23-37(29-18-16-28(17-19-29)25(2)3)34(38)32-14-8-13-31-30(32)12-9-15-33(31)39-24-26-10-6-5-7-11-26/h5-7,9-12,15-19,21-22,25,32H,4,8,13-14,20,23-24H2,1-3H3. The Bertz CT molecular complexity index is 1380. The Morgan fingerprint density at radius 2 is 1.82 bits per heavy atom. The Balaban J connectivity index is 1.44. The van der Waals surface area contributed by atoms with Gasteiger partial charge in [-0.25, -0.2) is 0 Å². The summed E-state index contributed by atoms with van der Waals surface area (Å²) in [6, 6.07) is 24.9. The third-order valence-corrected chi connectivity index (χ3v) is 7.62. The van der Waals surface area contributed by atoms with Crippen LogP contribution < -0.4 is 9.64 Å². The van der Waals surface area contributed by atoms with Gasteiger partial charge in [-0.3, -0.25) is 9.48 Å². The number of hydrogen-bond acceptors (Lipinski definition) is 3. The number of aromatic nitrogens is 2. The Hall–Kier alpha value is -3.86. The van der Waals surface area contributed by atoms with Crippen LogP contribution in [-0.2, 0) is 30.9 Å². The molecular formula is C34H39N3O2. The van der Waals surface area contributed by atoms with E-state index in [0.717, 1.165) is 60.4 Å². The van der Waals surface area contributed by atoms with Crippen LogP contribution in [0.25, 0.3) is 0 Å². The lowest BCUT2D eigenvalue weighted by molar-refractivity contribution is -0.120. The van der Waals surface area contributed by atoms with Gasteiger partial charge in [-0.15, -0.1) is 0 Å². The highest BCUT2D eigenvalue weighted by Crippen LogP contribution is 2.39. The summed E-state index contributed by atoms with van der Waals surface area (Å²) in [5.74, 6) is 1.26. The third kappa shape index (κ3) is 6.25. The molecule has 1 unspecified atom stereocenters. The second-order valence-corrected chi connectivity index (χ2v) is 10.8. The maximum atomic E-state index is 14.4. The fourth-order valence-corrected chi connectivity index (χ4v) is 5.49. The smallest absolute Gasteiger partial charge is 0.234 e. The van der Waals surface area contributed by atoms with Crippen LogP contribution in [0.2, 0.25) is 0 Å². The van der Waals surface area contributed by atoms with Crippen LogP contribution in [0.1, 0.15) is 79.7 Å². The zero-order valence-corrected chi connectivity index (χ0v) is 23.3. The molecular weight excluding hydrogens is 482 g/mol. The number of anilines is 1. The number of amides is 1. The van der Waals surface area contributed by atoms with Gasteiger partial charge in [-0.2, -0.15) is 5.10 Å². The Morgan fingerprint density at radius 3 is 2.56 bits per heavy atom. The molecule has 1 atom stereocenters. The minimum Gasteiger partial charge on any atom is -0.489 e. The minimum atomic E-state index is -0.204. The van der Waals surface area contributed by atoms with Gasteiger partial charge in [0.05, 0.1) is 18.7 Å². The second-order valence-electron chi connectivity index (χ2n) is 10.8. The highest BCUT2D eigenvalue weighted by Gasteiger charge is 2.32. The highest BCUT2D eigenvalue weighted by molar-refractivity contribution is 5.98. The molecule has 1 amide bonds. The lowest BCUT2D eigenvalue weighted by Gasteiger charge is -2.32. The van der Waals surface area contributed by atoms with Gasteiger partial charge in [-0.05, 0) is 72.1 Å².